The smallest absolute Gasteiger partial charge is 0.354 e. The molecule has 7 nitrogen and oxygen atoms in total. The zero-order valence-corrected chi connectivity index (χ0v) is 15.0. The Labute approximate surface area is 156 Å². The Balaban J connectivity index is 1.68. The molecule has 1 aliphatic rings. The number of aromatic carboxylic acids is 1. The maximum absolute atomic E-state index is 13.0. The van der Waals surface area contributed by atoms with Gasteiger partial charge in [-0.1, -0.05) is 12.1 Å². The number of hydrogen-bond acceptors (Lipinski definition) is 4. The molecule has 1 aliphatic heterocycles. The summed E-state index contributed by atoms with van der Waals surface area (Å²) in [6.45, 7) is 3.51. The Morgan fingerprint density at radius 1 is 1.22 bits per heavy atom. The summed E-state index contributed by atoms with van der Waals surface area (Å²) in [6.07, 6.45) is 3.10. The zero-order chi connectivity index (χ0) is 19.0. The van der Waals surface area contributed by atoms with Crippen molar-refractivity contribution in [1.29, 1.82) is 0 Å². The molecule has 27 heavy (non-hydrogen) atoms. The fourth-order valence-corrected chi connectivity index (χ4v) is 3.77. The van der Waals surface area contributed by atoms with E-state index in [9.17, 15) is 9.59 Å². The number of carboxylic acid groups (broad SMARTS) is 1. The number of carbonyl (C=O) groups is 2. The second kappa shape index (κ2) is 6.83. The Morgan fingerprint density at radius 2 is 2.04 bits per heavy atom. The van der Waals surface area contributed by atoms with Gasteiger partial charge in [-0.2, -0.15) is 0 Å². The van der Waals surface area contributed by atoms with Gasteiger partial charge in [0.15, 0.2) is 0 Å². The number of likely N-dealkylation sites (tertiary alicyclic amines) is 1. The first-order valence-corrected chi connectivity index (χ1v) is 9.05. The molecular weight excluding hydrogens is 344 g/mol. The van der Waals surface area contributed by atoms with Crippen molar-refractivity contribution in [3.8, 4) is 0 Å². The number of amides is 1. The van der Waals surface area contributed by atoms with Crippen LogP contribution in [-0.2, 0) is 6.54 Å². The van der Waals surface area contributed by atoms with Gasteiger partial charge < -0.3 is 14.6 Å². The lowest BCUT2D eigenvalue weighted by molar-refractivity contribution is 0.0685. The third kappa shape index (κ3) is 2.95. The molecule has 138 valence electrons. The molecule has 3 heterocycles. The molecule has 1 N–H and O–H groups in total. The Hall–Kier alpha value is -3.22. The molecule has 0 saturated carbocycles. The van der Waals surface area contributed by atoms with Crippen LogP contribution in [0.2, 0.25) is 0 Å². The highest BCUT2D eigenvalue weighted by Crippen LogP contribution is 2.34. The number of nitrogens with zero attached hydrogens (tertiary/aromatic N) is 4. The molecule has 0 spiro atoms. The van der Waals surface area contributed by atoms with Gasteiger partial charge in [-0.25, -0.2) is 14.8 Å². The van der Waals surface area contributed by atoms with Crippen LogP contribution in [0.15, 0.2) is 42.6 Å². The van der Waals surface area contributed by atoms with Crippen molar-refractivity contribution in [2.24, 2.45) is 0 Å². The van der Waals surface area contributed by atoms with E-state index in [0.717, 1.165) is 36.2 Å². The van der Waals surface area contributed by atoms with Crippen molar-refractivity contribution in [1.82, 2.24) is 19.4 Å². The molecule has 0 aliphatic carbocycles. The summed E-state index contributed by atoms with van der Waals surface area (Å²) in [4.78, 5) is 34.5. The van der Waals surface area contributed by atoms with Crippen molar-refractivity contribution in [3.63, 3.8) is 0 Å². The molecule has 1 amide bonds. The lowest BCUT2D eigenvalue weighted by Gasteiger charge is -2.25. The lowest BCUT2D eigenvalue weighted by Crippen LogP contribution is -2.32. The van der Waals surface area contributed by atoms with Crippen LogP contribution in [0, 0.1) is 0 Å². The van der Waals surface area contributed by atoms with E-state index in [4.69, 9.17) is 10.1 Å². The van der Waals surface area contributed by atoms with Crippen molar-refractivity contribution < 1.29 is 14.7 Å². The minimum absolute atomic E-state index is 0.0719. The minimum Gasteiger partial charge on any atom is -0.477 e. The third-order valence-corrected chi connectivity index (χ3v) is 5.04. The van der Waals surface area contributed by atoms with Crippen LogP contribution in [0.25, 0.3) is 11.0 Å². The molecule has 1 saturated heterocycles. The van der Waals surface area contributed by atoms with E-state index in [-0.39, 0.29) is 17.6 Å². The topological polar surface area (TPSA) is 88.3 Å². The quantitative estimate of drug-likeness (QED) is 0.768. The van der Waals surface area contributed by atoms with Gasteiger partial charge in [-0.3, -0.25) is 4.79 Å². The highest BCUT2D eigenvalue weighted by atomic mass is 16.4. The highest BCUT2D eigenvalue weighted by Gasteiger charge is 2.34. The van der Waals surface area contributed by atoms with Gasteiger partial charge in [0.1, 0.15) is 11.5 Å². The van der Waals surface area contributed by atoms with E-state index < -0.39 is 5.97 Å². The molecule has 2 aromatic heterocycles. The lowest BCUT2D eigenvalue weighted by atomic mass is 10.1. The molecule has 1 aromatic carbocycles. The maximum atomic E-state index is 13.0. The third-order valence-electron chi connectivity index (χ3n) is 5.04. The van der Waals surface area contributed by atoms with Crippen LogP contribution in [-0.4, -0.2) is 43.0 Å². The molecule has 7 heteroatoms. The summed E-state index contributed by atoms with van der Waals surface area (Å²) in [5.41, 5.74) is 2.33. The Bertz CT molecular complexity index is 1010. The molecule has 4 rings (SSSR count). The van der Waals surface area contributed by atoms with E-state index >= 15 is 0 Å². The van der Waals surface area contributed by atoms with E-state index in [1.54, 1.807) is 0 Å². The number of aromatic nitrogens is 3. The van der Waals surface area contributed by atoms with Gasteiger partial charge in [0.25, 0.3) is 5.91 Å². The molecule has 0 radical (unpaired) electrons. The van der Waals surface area contributed by atoms with Crippen LogP contribution in [0.3, 0.4) is 0 Å². The van der Waals surface area contributed by atoms with Gasteiger partial charge in [0.05, 0.1) is 22.6 Å². The van der Waals surface area contributed by atoms with Crippen molar-refractivity contribution in [2.75, 3.05) is 6.54 Å². The monoisotopic (exact) mass is 364 g/mol. The van der Waals surface area contributed by atoms with Crippen molar-refractivity contribution in [2.45, 2.75) is 32.4 Å². The number of pyridine rings is 1. The number of para-hydroxylation sites is 2. The largest absolute Gasteiger partial charge is 0.477 e. The summed E-state index contributed by atoms with van der Waals surface area (Å²) in [5.74, 6) is -0.346. The summed E-state index contributed by atoms with van der Waals surface area (Å²) < 4.78 is 2.16. The predicted molar refractivity (Wildman–Crippen MR) is 99.6 cm³/mol. The first kappa shape index (κ1) is 17.2. The maximum Gasteiger partial charge on any atom is 0.354 e. The molecule has 3 aromatic rings. The van der Waals surface area contributed by atoms with E-state index in [2.05, 4.69) is 16.5 Å². The first-order valence-electron chi connectivity index (χ1n) is 9.05. The van der Waals surface area contributed by atoms with Crippen LogP contribution in [0.5, 0.6) is 0 Å². The zero-order valence-electron chi connectivity index (χ0n) is 15.0. The van der Waals surface area contributed by atoms with E-state index in [1.165, 1.54) is 18.3 Å². The van der Waals surface area contributed by atoms with E-state index in [1.807, 2.05) is 29.2 Å². The SMILES string of the molecule is CCn1c(C2CCCN2C(=O)c2ccc(C(=O)O)nc2)nc2ccccc21. The summed E-state index contributed by atoms with van der Waals surface area (Å²) in [7, 11) is 0. The fraction of sp³-hybridized carbons (Fsp3) is 0.300. The minimum atomic E-state index is -1.11. The number of carboxylic acids is 1. The highest BCUT2D eigenvalue weighted by molar-refractivity contribution is 5.95. The van der Waals surface area contributed by atoms with Gasteiger partial charge in [-0.15, -0.1) is 0 Å². The summed E-state index contributed by atoms with van der Waals surface area (Å²) >= 11 is 0. The Morgan fingerprint density at radius 3 is 2.74 bits per heavy atom. The number of fused-ring (bicyclic) bond motifs is 1. The number of rotatable bonds is 4. The van der Waals surface area contributed by atoms with Gasteiger partial charge in [-0.05, 0) is 44.0 Å². The fourth-order valence-electron chi connectivity index (χ4n) is 3.77. The summed E-state index contributed by atoms with van der Waals surface area (Å²) in [5, 5.41) is 8.97. The normalized spacial score (nSPS) is 16.8. The van der Waals surface area contributed by atoms with Gasteiger partial charge in [0, 0.05) is 19.3 Å². The second-order valence-electron chi connectivity index (χ2n) is 6.60. The first-order chi connectivity index (χ1) is 13.1. The number of carbonyl (C=O) groups excluding carboxylic acids is 1. The van der Waals surface area contributed by atoms with Crippen LogP contribution in [0.1, 0.15) is 52.5 Å². The number of imidazole rings is 1. The standard InChI is InChI=1S/C20H20N4O3/c1-2-23-16-7-4-3-6-14(16)22-18(23)17-8-5-11-24(17)19(25)13-9-10-15(20(26)27)21-12-13/h3-4,6-7,9-10,12,17H,2,5,8,11H2,1H3,(H,26,27). The number of aryl methyl sites for hydroxylation is 1. The Kier molecular flexibility index (Phi) is 4.35. The second-order valence-corrected chi connectivity index (χ2v) is 6.60. The van der Waals surface area contributed by atoms with Crippen LogP contribution in [0.4, 0.5) is 0 Å². The van der Waals surface area contributed by atoms with Gasteiger partial charge >= 0.3 is 5.97 Å². The molecule has 1 fully saturated rings. The molecular formula is C20H20N4O3. The average Bonchev–Trinajstić information content (AvgIpc) is 3.31. The number of hydrogen-bond donors (Lipinski definition) is 1. The summed E-state index contributed by atoms with van der Waals surface area (Å²) in [6, 6.07) is 10.8. The molecule has 1 unspecified atom stereocenters. The van der Waals surface area contributed by atoms with Crippen LogP contribution >= 0.6 is 0 Å². The van der Waals surface area contributed by atoms with Gasteiger partial charge in [0.2, 0.25) is 0 Å². The molecule has 1 atom stereocenters. The number of benzene rings is 1. The predicted octanol–water partition coefficient (Wildman–Crippen LogP) is 3.13. The van der Waals surface area contributed by atoms with Crippen LogP contribution < -0.4 is 0 Å². The molecule has 0 bridgehead atoms. The van der Waals surface area contributed by atoms with Crippen molar-refractivity contribution >= 4 is 22.9 Å². The average molecular weight is 364 g/mol. The van der Waals surface area contributed by atoms with Crippen molar-refractivity contribution in [3.05, 3.63) is 59.7 Å². The van der Waals surface area contributed by atoms with E-state index in [0.29, 0.717) is 12.1 Å².